The predicted molar refractivity (Wildman–Crippen MR) is 93.4 cm³/mol. The Morgan fingerprint density at radius 2 is 2.21 bits per heavy atom. The molecule has 1 fully saturated rings. The third-order valence-electron chi connectivity index (χ3n) is 5.03. The van der Waals surface area contributed by atoms with Crippen LogP contribution in [0.5, 0.6) is 0 Å². The van der Waals surface area contributed by atoms with Gasteiger partial charge in [0.2, 0.25) is 0 Å². The molecule has 0 amide bonds. The molecule has 1 aromatic carbocycles. The van der Waals surface area contributed by atoms with Gasteiger partial charge in [0.1, 0.15) is 6.54 Å². The molecule has 128 valence electrons. The highest BCUT2D eigenvalue weighted by molar-refractivity contribution is 5.94. The van der Waals surface area contributed by atoms with Crippen LogP contribution in [-0.2, 0) is 11.3 Å². The summed E-state index contributed by atoms with van der Waals surface area (Å²) in [5.41, 5.74) is 2.94. The first-order chi connectivity index (χ1) is 11.5. The number of aromatic amines is 1. The van der Waals surface area contributed by atoms with Crippen molar-refractivity contribution in [2.45, 2.75) is 33.2 Å². The molecule has 0 aliphatic carbocycles. The van der Waals surface area contributed by atoms with E-state index in [2.05, 4.69) is 11.9 Å². The summed E-state index contributed by atoms with van der Waals surface area (Å²) < 4.78 is 4.76. The summed E-state index contributed by atoms with van der Waals surface area (Å²) >= 11 is 0. The number of quaternary nitrogens is 1. The van der Waals surface area contributed by atoms with E-state index in [1.807, 2.05) is 6.92 Å². The van der Waals surface area contributed by atoms with E-state index in [-0.39, 0.29) is 5.43 Å². The summed E-state index contributed by atoms with van der Waals surface area (Å²) in [7, 11) is 1.35. The van der Waals surface area contributed by atoms with Crippen molar-refractivity contribution in [2.24, 2.45) is 5.92 Å². The Bertz CT molecular complexity index is 825. The van der Waals surface area contributed by atoms with Crippen molar-refractivity contribution in [3.63, 3.8) is 0 Å². The second kappa shape index (κ2) is 6.77. The van der Waals surface area contributed by atoms with E-state index in [9.17, 15) is 9.59 Å². The number of nitrogens with one attached hydrogen (secondary N) is 2. The van der Waals surface area contributed by atoms with Crippen molar-refractivity contribution >= 4 is 16.9 Å². The molecular weight excluding hydrogens is 304 g/mol. The van der Waals surface area contributed by atoms with Crippen molar-refractivity contribution in [3.05, 3.63) is 45.2 Å². The van der Waals surface area contributed by atoms with Gasteiger partial charge in [-0.3, -0.25) is 4.79 Å². The molecule has 0 spiro atoms. The van der Waals surface area contributed by atoms with E-state index in [0.29, 0.717) is 16.9 Å². The molecule has 3 rings (SSSR count). The van der Waals surface area contributed by atoms with Crippen molar-refractivity contribution in [1.82, 2.24) is 4.98 Å². The topological polar surface area (TPSA) is 63.6 Å². The van der Waals surface area contributed by atoms with Crippen LogP contribution < -0.4 is 10.3 Å². The molecule has 0 bridgehead atoms. The van der Waals surface area contributed by atoms with Crippen molar-refractivity contribution < 1.29 is 14.4 Å². The number of carbonyl (C=O) groups excluding carboxylic acids is 1. The minimum atomic E-state index is -0.422. The number of likely N-dealkylation sites (tertiary alicyclic amines) is 1. The molecule has 1 aromatic heterocycles. The van der Waals surface area contributed by atoms with Crippen LogP contribution in [0.15, 0.2) is 23.0 Å². The molecule has 1 unspecified atom stereocenters. The number of rotatable bonds is 3. The first kappa shape index (κ1) is 16.7. The van der Waals surface area contributed by atoms with Crippen LogP contribution in [0.3, 0.4) is 0 Å². The average molecular weight is 329 g/mol. The minimum absolute atomic E-state index is 0.0257. The van der Waals surface area contributed by atoms with E-state index >= 15 is 0 Å². The third-order valence-corrected chi connectivity index (χ3v) is 5.03. The molecular formula is C19H25N2O3+. The highest BCUT2D eigenvalue weighted by Crippen LogP contribution is 2.14. The number of aromatic nitrogens is 1. The van der Waals surface area contributed by atoms with E-state index in [1.165, 1.54) is 24.9 Å². The molecule has 2 aromatic rings. The highest BCUT2D eigenvalue weighted by Gasteiger charge is 2.22. The zero-order valence-electron chi connectivity index (χ0n) is 14.6. The average Bonchev–Trinajstić information content (AvgIpc) is 2.58. The number of aryl methyl sites for hydroxylation is 1. The van der Waals surface area contributed by atoms with Crippen LogP contribution >= 0.6 is 0 Å². The lowest BCUT2D eigenvalue weighted by Gasteiger charge is -2.28. The van der Waals surface area contributed by atoms with Gasteiger partial charge < -0.3 is 14.6 Å². The Kier molecular flexibility index (Phi) is 4.71. The second-order valence-electron chi connectivity index (χ2n) is 6.94. The SMILES string of the molecule is COC(=O)c1ccc2[nH]c(C)c(C[NH+]3CCC[C@H](C)C3)c(=O)c2c1. The number of pyridine rings is 1. The molecule has 5 nitrogen and oxygen atoms in total. The maximum Gasteiger partial charge on any atom is 0.337 e. The number of carbonyl (C=O) groups is 1. The third kappa shape index (κ3) is 3.22. The number of hydrogen-bond donors (Lipinski definition) is 2. The van der Waals surface area contributed by atoms with Crippen LogP contribution in [0.1, 0.15) is 41.4 Å². The quantitative estimate of drug-likeness (QED) is 0.838. The largest absolute Gasteiger partial charge is 0.465 e. The standard InChI is InChI=1S/C19H24N2O3/c1-12-5-4-8-21(10-12)11-16-13(2)20-17-7-6-14(19(23)24-3)9-15(17)18(16)22/h6-7,9,12H,4-5,8,10-11H2,1-3H3,(H,20,22)/p+1/t12-/m0/s1. The van der Waals surface area contributed by atoms with Gasteiger partial charge in [-0.15, -0.1) is 0 Å². The van der Waals surface area contributed by atoms with Crippen LogP contribution in [0.4, 0.5) is 0 Å². The smallest absolute Gasteiger partial charge is 0.337 e. The van der Waals surface area contributed by atoms with E-state index < -0.39 is 5.97 Å². The Morgan fingerprint density at radius 3 is 2.92 bits per heavy atom. The van der Waals surface area contributed by atoms with Gasteiger partial charge >= 0.3 is 5.97 Å². The number of fused-ring (bicyclic) bond motifs is 1. The summed E-state index contributed by atoms with van der Waals surface area (Å²) in [6, 6.07) is 5.09. The summed E-state index contributed by atoms with van der Waals surface area (Å²) in [6.07, 6.45) is 2.49. The van der Waals surface area contributed by atoms with E-state index in [1.54, 1.807) is 18.2 Å². The van der Waals surface area contributed by atoms with Crippen LogP contribution in [0, 0.1) is 12.8 Å². The molecule has 5 heteroatoms. The van der Waals surface area contributed by atoms with Gasteiger partial charge in [-0.05, 0) is 38.0 Å². The van der Waals surface area contributed by atoms with Gasteiger partial charge in [-0.1, -0.05) is 6.92 Å². The second-order valence-corrected chi connectivity index (χ2v) is 6.94. The van der Waals surface area contributed by atoms with Crippen LogP contribution in [-0.4, -0.2) is 31.2 Å². The summed E-state index contributed by atoms with van der Waals surface area (Å²) in [5, 5.41) is 0.558. The summed E-state index contributed by atoms with van der Waals surface area (Å²) in [4.78, 5) is 29.5. The van der Waals surface area contributed by atoms with E-state index in [0.717, 1.165) is 36.4 Å². The zero-order valence-corrected chi connectivity index (χ0v) is 14.6. The summed E-state index contributed by atoms with van der Waals surface area (Å²) in [6.45, 7) is 7.20. The molecule has 0 saturated carbocycles. The van der Waals surface area contributed by atoms with Crippen molar-refractivity contribution in [1.29, 1.82) is 0 Å². The fourth-order valence-electron chi connectivity index (χ4n) is 3.72. The van der Waals surface area contributed by atoms with Gasteiger partial charge in [0.15, 0.2) is 5.43 Å². The molecule has 2 N–H and O–H groups in total. The maximum atomic E-state index is 13.0. The number of hydrogen-bond acceptors (Lipinski definition) is 3. The molecule has 2 heterocycles. The first-order valence-corrected chi connectivity index (χ1v) is 8.57. The highest BCUT2D eigenvalue weighted by atomic mass is 16.5. The van der Waals surface area contributed by atoms with Gasteiger partial charge in [0, 0.05) is 22.5 Å². The van der Waals surface area contributed by atoms with Gasteiger partial charge in [-0.25, -0.2) is 4.79 Å². The number of methoxy groups -OCH3 is 1. The number of H-pyrrole nitrogens is 1. The number of ether oxygens (including phenoxy) is 1. The molecule has 2 atom stereocenters. The normalized spacial score (nSPS) is 21.0. The predicted octanol–water partition coefficient (Wildman–Crippen LogP) is 1.44. The minimum Gasteiger partial charge on any atom is -0.465 e. The Balaban J connectivity index is 2.01. The molecule has 1 aliphatic rings. The molecule has 0 radical (unpaired) electrons. The monoisotopic (exact) mass is 329 g/mol. The van der Waals surface area contributed by atoms with Crippen LogP contribution in [0.2, 0.25) is 0 Å². The number of benzene rings is 1. The Morgan fingerprint density at radius 1 is 1.42 bits per heavy atom. The molecule has 1 aliphatic heterocycles. The Hall–Kier alpha value is -2.14. The van der Waals surface area contributed by atoms with Crippen molar-refractivity contribution in [2.75, 3.05) is 20.2 Å². The van der Waals surface area contributed by atoms with Gasteiger partial charge in [0.25, 0.3) is 0 Å². The van der Waals surface area contributed by atoms with Gasteiger partial charge in [0.05, 0.1) is 31.3 Å². The van der Waals surface area contributed by atoms with Crippen molar-refractivity contribution in [3.8, 4) is 0 Å². The Labute approximate surface area is 141 Å². The van der Waals surface area contributed by atoms with E-state index in [4.69, 9.17) is 4.74 Å². The number of piperidine rings is 1. The lowest BCUT2D eigenvalue weighted by Crippen LogP contribution is -3.12. The number of esters is 1. The van der Waals surface area contributed by atoms with Crippen LogP contribution in [0.25, 0.3) is 10.9 Å². The lowest BCUT2D eigenvalue weighted by molar-refractivity contribution is -0.922. The fraction of sp³-hybridized carbons (Fsp3) is 0.474. The fourth-order valence-corrected chi connectivity index (χ4v) is 3.72. The molecule has 1 saturated heterocycles. The maximum absolute atomic E-state index is 13.0. The van der Waals surface area contributed by atoms with Gasteiger partial charge in [-0.2, -0.15) is 0 Å². The summed E-state index contributed by atoms with van der Waals surface area (Å²) in [5.74, 6) is 0.286. The molecule has 24 heavy (non-hydrogen) atoms. The zero-order chi connectivity index (χ0) is 17.3. The lowest BCUT2D eigenvalue weighted by atomic mass is 9.99. The first-order valence-electron chi connectivity index (χ1n) is 8.57.